The summed E-state index contributed by atoms with van der Waals surface area (Å²) in [7, 11) is 0. The van der Waals surface area contributed by atoms with Crippen LogP contribution in [0.2, 0.25) is 0 Å². The summed E-state index contributed by atoms with van der Waals surface area (Å²) in [4.78, 5) is 41.6. The molecule has 1 aromatic heterocycles. The van der Waals surface area contributed by atoms with Crippen LogP contribution in [0.5, 0.6) is 0 Å². The molecule has 3 amide bonds. The Morgan fingerprint density at radius 1 is 1.27 bits per heavy atom. The minimum atomic E-state index is -0.707. The highest BCUT2D eigenvalue weighted by Gasteiger charge is 2.43. The number of rotatable bonds is 2. The molecule has 1 aliphatic heterocycles. The fraction of sp³-hybridized carbons (Fsp3) is 0.579. The predicted octanol–water partition coefficient (Wildman–Crippen LogP) is 1.79. The van der Waals surface area contributed by atoms with Gasteiger partial charge in [0.25, 0.3) is 0 Å². The van der Waals surface area contributed by atoms with E-state index in [0.29, 0.717) is 30.3 Å². The minimum absolute atomic E-state index is 0.181. The lowest BCUT2D eigenvalue weighted by Crippen LogP contribution is -2.51. The molecule has 3 N–H and O–H groups in total. The molecule has 2 fully saturated rings. The van der Waals surface area contributed by atoms with Crippen molar-refractivity contribution in [3.63, 3.8) is 0 Å². The van der Waals surface area contributed by atoms with Crippen LogP contribution in [0.1, 0.15) is 49.9 Å². The number of carbonyl (C=O) groups excluding carboxylic acids is 3. The first-order valence-corrected chi connectivity index (χ1v) is 9.13. The maximum Gasteiger partial charge on any atom is 0.313 e. The molecule has 1 aliphatic carbocycles. The Kier molecular flexibility index (Phi) is 4.98. The number of likely N-dealkylation sites (tertiary alicyclic amines) is 1. The van der Waals surface area contributed by atoms with E-state index in [9.17, 15) is 14.4 Å². The summed E-state index contributed by atoms with van der Waals surface area (Å²) in [6, 6.07) is 1.41. The molecule has 140 valence electrons. The van der Waals surface area contributed by atoms with E-state index in [0.717, 1.165) is 12.8 Å². The summed E-state index contributed by atoms with van der Waals surface area (Å²) >= 11 is 0. The van der Waals surface area contributed by atoms with Crippen LogP contribution in [0.15, 0.2) is 18.5 Å². The summed E-state index contributed by atoms with van der Waals surface area (Å²) in [5, 5.41) is 2.52. The maximum absolute atomic E-state index is 12.6. The zero-order valence-electron chi connectivity index (χ0n) is 15.3. The van der Waals surface area contributed by atoms with Gasteiger partial charge in [-0.15, -0.1) is 0 Å². The van der Waals surface area contributed by atoms with Gasteiger partial charge in [0.1, 0.15) is 0 Å². The number of primary amides is 1. The molecule has 2 atom stereocenters. The van der Waals surface area contributed by atoms with E-state index in [1.54, 1.807) is 4.90 Å². The molecule has 0 radical (unpaired) electrons. The lowest BCUT2D eigenvalue weighted by atomic mass is 9.61. The summed E-state index contributed by atoms with van der Waals surface area (Å²) in [6.45, 7) is 5.87. The first kappa shape index (κ1) is 18.4. The van der Waals surface area contributed by atoms with E-state index >= 15 is 0 Å². The largest absolute Gasteiger partial charge is 0.366 e. The normalized spacial score (nSPS) is 24.5. The van der Waals surface area contributed by atoms with Gasteiger partial charge in [-0.1, -0.05) is 20.3 Å². The SMILES string of the molecule is CC1(C)CCC[C@H]2CN(C(=O)C(=O)Nc3cncc(C(N)=O)c3)CC[C@@H]21. The van der Waals surface area contributed by atoms with Crippen molar-refractivity contribution in [2.75, 3.05) is 18.4 Å². The minimum Gasteiger partial charge on any atom is -0.366 e. The van der Waals surface area contributed by atoms with Crippen LogP contribution in [0.4, 0.5) is 5.69 Å². The fourth-order valence-electron chi connectivity index (χ4n) is 4.51. The number of aromatic nitrogens is 1. The molecule has 7 nitrogen and oxygen atoms in total. The molecule has 1 saturated carbocycles. The zero-order valence-corrected chi connectivity index (χ0v) is 15.3. The summed E-state index contributed by atoms with van der Waals surface area (Å²) in [6.07, 6.45) is 7.15. The molecule has 0 spiro atoms. The molecule has 26 heavy (non-hydrogen) atoms. The number of nitrogens with one attached hydrogen (secondary N) is 1. The smallest absolute Gasteiger partial charge is 0.313 e. The van der Waals surface area contributed by atoms with Gasteiger partial charge in [0.2, 0.25) is 5.91 Å². The number of anilines is 1. The Labute approximate surface area is 153 Å². The molecule has 2 heterocycles. The van der Waals surface area contributed by atoms with E-state index < -0.39 is 17.7 Å². The van der Waals surface area contributed by atoms with E-state index in [-0.39, 0.29) is 11.3 Å². The second-order valence-corrected chi connectivity index (χ2v) is 8.07. The number of hydrogen-bond donors (Lipinski definition) is 2. The predicted molar refractivity (Wildman–Crippen MR) is 97.2 cm³/mol. The van der Waals surface area contributed by atoms with E-state index in [2.05, 4.69) is 24.1 Å². The fourth-order valence-corrected chi connectivity index (χ4v) is 4.51. The number of carbonyl (C=O) groups is 3. The topological polar surface area (TPSA) is 105 Å². The van der Waals surface area contributed by atoms with Crippen LogP contribution in [-0.2, 0) is 9.59 Å². The van der Waals surface area contributed by atoms with Crippen molar-refractivity contribution in [2.45, 2.75) is 39.5 Å². The number of pyridine rings is 1. The van der Waals surface area contributed by atoms with Crippen molar-refractivity contribution < 1.29 is 14.4 Å². The maximum atomic E-state index is 12.6. The molecule has 3 rings (SSSR count). The molecular formula is C19H26N4O3. The van der Waals surface area contributed by atoms with Crippen LogP contribution in [0, 0.1) is 17.3 Å². The molecular weight excluding hydrogens is 332 g/mol. The third kappa shape index (κ3) is 3.71. The summed E-state index contributed by atoms with van der Waals surface area (Å²) in [5.74, 6) is -0.802. The van der Waals surface area contributed by atoms with Crippen LogP contribution in [-0.4, -0.2) is 40.7 Å². The number of nitrogens with two attached hydrogens (primary N) is 1. The van der Waals surface area contributed by atoms with Crippen molar-refractivity contribution in [3.8, 4) is 0 Å². The van der Waals surface area contributed by atoms with Crippen molar-refractivity contribution >= 4 is 23.4 Å². The van der Waals surface area contributed by atoms with Gasteiger partial charge in [-0.25, -0.2) is 0 Å². The standard InChI is InChI=1S/C19H26N4O3/c1-19(2)6-3-4-12-11-23(7-5-15(12)19)18(26)17(25)22-14-8-13(16(20)24)9-21-10-14/h8-10,12,15H,3-7,11H2,1-2H3,(H2,20,24)(H,22,25)/t12-,15-/m0/s1. The van der Waals surface area contributed by atoms with Crippen LogP contribution >= 0.6 is 0 Å². The quantitative estimate of drug-likeness (QED) is 0.786. The summed E-state index contributed by atoms with van der Waals surface area (Å²) in [5.41, 5.74) is 5.98. The van der Waals surface area contributed by atoms with Crippen molar-refractivity contribution in [3.05, 3.63) is 24.0 Å². The number of fused-ring (bicyclic) bond motifs is 1. The Morgan fingerprint density at radius 2 is 2.04 bits per heavy atom. The van der Waals surface area contributed by atoms with Crippen LogP contribution in [0.3, 0.4) is 0 Å². The van der Waals surface area contributed by atoms with Crippen LogP contribution in [0.25, 0.3) is 0 Å². The van der Waals surface area contributed by atoms with E-state index in [1.165, 1.54) is 31.3 Å². The third-order valence-corrected chi connectivity index (χ3v) is 5.90. The second-order valence-electron chi connectivity index (χ2n) is 8.07. The van der Waals surface area contributed by atoms with Gasteiger partial charge >= 0.3 is 11.8 Å². The molecule has 0 bridgehead atoms. The Bertz CT molecular complexity index is 731. The Balaban J connectivity index is 1.63. The number of piperidine rings is 1. The highest BCUT2D eigenvalue weighted by atomic mass is 16.2. The Morgan fingerprint density at radius 3 is 2.77 bits per heavy atom. The highest BCUT2D eigenvalue weighted by molar-refractivity contribution is 6.39. The number of amides is 3. The number of hydrogen-bond acceptors (Lipinski definition) is 4. The van der Waals surface area contributed by atoms with Crippen molar-refractivity contribution in [1.82, 2.24) is 9.88 Å². The van der Waals surface area contributed by atoms with Gasteiger partial charge in [0.05, 0.1) is 17.4 Å². The van der Waals surface area contributed by atoms with Crippen LogP contribution < -0.4 is 11.1 Å². The summed E-state index contributed by atoms with van der Waals surface area (Å²) < 4.78 is 0. The lowest BCUT2D eigenvalue weighted by molar-refractivity contribution is -0.146. The molecule has 1 saturated heterocycles. The molecule has 7 heteroatoms. The molecule has 1 aromatic rings. The second kappa shape index (κ2) is 7.05. The van der Waals surface area contributed by atoms with Gasteiger partial charge in [-0.3, -0.25) is 19.4 Å². The zero-order chi connectivity index (χ0) is 18.9. The highest BCUT2D eigenvalue weighted by Crippen LogP contribution is 2.47. The van der Waals surface area contributed by atoms with Gasteiger partial charge in [-0.05, 0) is 42.6 Å². The Hall–Kier alpha value is -2.44. The first-order chi connectivity index (χ1) is 12.3. The number of nitrogens with zero attached hydrogens (tertiary/aromatic N) is 2. The van der Waals surface area contributed by atoms with E-state index in [1.807, 2.05) is 0 Å². The molecule has 2 aliphatic rings. The third-order valence-electron chi connectivity index (χ3n) is 5.90. The average molecular weight is 358 g/mol. The average Bonchev–Trinajstić information content (AvgIpc) is 2.60. The van der Waals surface area contributed by atoms with Gasteiger partial charge in [0, 0.05) is 19.3 Å². The van der Waals surface area contributed by atoms with Crippen molar-refractivity contribution in [2.24, 2.45) is 23.0 Å². The molecule has 0 aromatic carbocycles. The monoisotopic (exact) mass is 358 g/mol. The van der Waals surface area contributed by atoms with Gasteiger partial charge in [0.15, 0.2) is 0 Å². The van der Waals surface area contributed by atoms with Crippen molar-refractivity contribution in [1.29, 1.82) is 0 Å². The van der Waals surface area contributed by atoms with Gasteiger partial charge < -0.3 is 16.0 Å². The first-order valence-electron chi connectivity index (χ1n) is 9.13. The van der Waals surface area contributed by atoms with Gasteiger partial charge in [-0.2, -0.15) is 0 Å². The van der Waals surface area contributed by atoms with E-state index in [4.69, 9.17) is 5.73 Å². The molecule has 0 unspecified atom stereocenters. The lowest BCUT2D eigenvalue weighted by Gasteiger charge is -2.49.